The lowest BCUT2D eigenvalue weighted by atomic mass is 9.99. The summed E-state index contributed by atoms with van der Waals surface area (Å²) in [6.45, 7) is 8.83. The molecule has 1 aliphatic carbocycles. The van der Waals surface area contributed by atoms with E-state index in [9.17, 15) is 0 Å². The molecule has 3 unspecified atom stereocenters. The molecule has 2 aliphatic rings. The van der Waals surface area contributed by atoms with Crippen LogP contribution in [0.1, 0.15) is 50.2 Å². The molecule has 2 N–H and O–H groups in total. The fourth-order valence-electron chi connectivity index (χ4n) is 3.81. The maximum absolute atomic E-state index is 4.42. The lowest BCUT2D eigenvalue weighted by Gasteiger charge is -2.21. The van der Waals surface area contributed by atoms with Crippen molar-refractivity contribution in [3.05, 3.63) is 35.4 Å². The zero-order chi connectivity index (χ0) is 17.1. The Labute approximate surface area is 169 Å². The zero-order valence-corrected chi connectivity index (χ0v) is 18.3. The van der Waals surface area contributed by atoms with E-state index in [1.165, 1.54) is 30.4 Å². The number of nitrogens with zero attached hydrogens (tertiary/aromatic N) is 2. The minimum absolute atomic E-state index is 0. The van der Waals surface area contributed by atoms with Crippen molar-refractivity contribution in [2.24, 2.45) is 4.99 Å². The Morgan fingerprint density at radius 3 is 2.76 bits per heavy atom. The van der Waals surface area contributed by atoms with Crippen LogP contribution in [0.3, 0.4) is 0 Å². The van der Waals surface area contributed by atoms with Gasteiger partial charge in [0.05, 0.1) is 0 Å². The molecule has 0 spiro atoms. The van der Waals surface area contributed by atoms with Crippen LogP contribution in [0, 0.1) is 6.92 Å². The Bertz CT molecular complexity index is 585. The van der Waals surface area contributed by atoms with Gasteiger partial charge in [0.15, 0.2) is 5.96 Å². The molecule has 5 heteroatoms. The molecular formula is C20H33IN4. The summed E-state index contributed by atoms with van der Waals surface area (Å²) in [5.74, 6) is 1.40. The fraction of sp³-hybridized carbons (Fsp3) is 0.650. The predicted molar refractivity (Wildman–Crippen MR) is 117 cm³/mol. The molecule has 140 valence electrons. The highest BCUT2D eigenvalue weighted by atomic mass is 127. The number of rotatable bonds is 5. The molecule has 1 saturated heterocycles. The van der Waals surface area contributed by atoms with Gasteiger partial charge in [-0.1, -0.05) is 36.8 Å². The average Bonchev–Trinajstić information content (AvgIpc) is 3.34. The minimum Gasteiger partial charge on any atom is -0.356 e. The van der Waals surface area contributed by atoms with Gasteiger partial charge in [-0.25, -0.2) is 0 Å². The van der Waals surface area contributed by atoms with E-state index in [0.29, 0.717) is 18.0 Å². The predicted octanol–water partition coefficient (Wildman–Crippen LogP) is 3.51. The van der Waals surface area contributed by atoms with E-state index < -0.39 is 0 Å². The molecule has 1 aliphatic heterocycles. The first-order chi connectivity index (χ1) is 11.6. The van der Waals surface area contributed by atoms with Gasteiger partial charge < -0.3 is 10.6 Å². The van der Waals surface area contributed by atoms with E-state index in [1.54, 1.807) is 0 Å². The third-order valence-corrected chi connectivity index (χ3v) is 5.39. The van der Waals surface area contributed by atoms with Gasteiger partial charge in [-0.15, -0.1) is 24.0 Å². The standard InChI is InChI=1S/C20H32N4.HI/c1-14-6-5-7-17(10-14)15(2)12-22-20(21-4)23-18-11-16(3)24(13-18)19-8-9-19;/h5-7,10,15-16,18-19H,8-9,11-13H2,1-4H3,(H2,21,22,23);1H. The highest BCUT2D eigenvalue weighted by Gasteiger charge is 2.38. The van der Waals surface area contributed by atoms with E-state index in [2.05, 4.69) is 65.6 Å². The average molecular weight is 456 g/mol. The molecular weight excluding hydrogens is 423 g/mol. The van der Waals surface area contributed by atoms with Crippen molar-refractivity contribution in [1.29, 1.82) is 0 Å². The first-order valence-electron chi connectivity index (χ1n) is 9.36. The van der Waals surface area contributed by atoms with Crippen LogP contribution in [0.25, 0.3) is 0 Å². The summed E-state index contributed by atoms with van der Waals surface area (Å²) >= 11 is 0. The van der Waals surface area contributed by atoms with Crippen LogP contribution in [0.15, 0.2) is 29.3 Å². The second-order valence-corrected chi connectivity index (χ2v) is 7.62. The van der Waals surface area contributed by atoms with Crippen molar-refractivity contribution >= 4 is 29.9 Å². The first-order valence-corrected chi connectivity index (χ1v) is 9.36. The quantitative estimate of drug-likeness (QED) is 0.405. The number of halogens is 1. The van der Waals surface area contributed by atoms with Crippen LogP contribution in [0.4, 0.5) is 0 Å². The monoisotopic (exact) mass is 456 g/mol. The van der Waals surface area contributed by atoms with Gasteiger partial charge in [0, 0.05) is 38.3 Å². The van der Waals surface area contributed by atoms with Crippen molar-refractivity contribution < 1.29 is 0 Å². The second-order valence-electron chi connectivity index (χ2n) is 7.62. The van der Waals surface area contributed by atoms with Crippen molar-refractivity contribution in [3.63, 3.8) is 0 Å². The Morgan fingerprint density at radius 2 is 2.12 bits per heavy atom. The van der Waals surface area contributed by atoms with Crippen LogP contribution in [0.2, 0.25) is 0 Å². The lowest BCUT2D eigenvalue weighted by molar-refractivity contribution is 0.256. The SMILES string of the molecule is CN=C(NCC(C)c1cccc(C)c1)NC1CC(C)N(C2CC2)C1.I. The van der Waals surface area contributed by atoms with Crippen LogP contribution in [-0.2, 0) is 0 Å². The van der Waals surface area contributed by atoms with E-state index in [0.717, 1.165) is 25.1 Å². The molecule has 25 heavy (non-hydrogen) atoms. The normalized spacial score (nSPS) is 25.4. The molecule has 3 rings (SSSR count). The van der Waals surface area contributed by atoms with Crippen LogP contribution < -0.4 is 10.6 Å². The number of benzene rings is 1. The minimum atomic E-state index is 0. The van der Waals surface area contributed by atoms with E-state index in [4.69, 9.17) is 0 Å². The topological polar surface area (TPSA) is 39.7 Å². The van der Waals surface area contributed by atoms with E-state index >= 15 is 0 Å². The molecule has 0 amide bonds. The van der Waals surface area contributed by atoms with Gasteiger partial charge in [0.25, 0.3) is 0 Å². The number of hydrogen-bond acceptors (Lipinski definition) is 2. The van der Waals surface area contributed by atoms with E-state index in [1.807, 2.05) is 7.05 Å². The third kappa shape index (κ3) is 5.58. The Hall–Kier alpha value is -0.820. The van der Waals surface area contributed by atoms with Crippen LogP contribution in [-0.4, -0.2) is 49.1 Å². The number of guanidine groups is 1. The highest BCUT2D eigenvalue weighted by Crippen LogP contribution is 2.33. The fourth-order valence-corrected chi connectivity index (χ4v) is 3.81. The molecule has 3 atom stereocenters. The highest BCUT2D eigenvalue weighted by molar-refractivity contribution is 14.0. The zero-order valence-electron chi connectivity index (χ0n) is 16.0. The Kier molecular flexibility index (Phi) is 7.55. The summed E-state index contributed by atoms with van der Waals surface area (Å²) < 4.78 is 0. The smallest absolute Gasteiger partial charge is 0.191 e. The Balaban J connectivity index is 0.00000225. The van der Waals surface area contributed by atoms with Crippen molar-refractivity contribution in [2.75, 3.05) is 20.1 Å². The number of aliphatic imine (C=N–C) groups is 1. The molecule has 1 heterocycles. The molecule has 0 aromatic heterocycles. The summed E-state index contributed by atoms with van der Waals surface area (Å²) in [6, 6.07) is 10.8. The van der Waals surface area contributed by atoms with Gasteiger partial charge in [0.1, 0.15) is 0 Å². The maximum Gasteiger partial charge on any atom is 0.191 e. The van der Waals surface area contributed by atoms with Crippen molar-refractivity contribution in [1.82, 2.24) is 15.5 Å². The number of likely N-dealkylation sites (tertiary alicyclic amines) is 1. The largest absolute Gasteiger partial charge is 0.356 e. The summed E-state index contributed by atoms with van der Waals surface area (Å²) in [5, 5.41) is 7.13. The summed E-state index contributed by atoms with van der Waals surface area (Å²) in [5.41, 5.74) is 2.70. The lowest BCUT2D eigenvalue weighted by Crippen LogP contribution is -2.45. The number of nitrogens with one attached hydrogen (secondary N) is 2. The van der Waals surface area contributed by atoms with Crippen LogP contribution in [0.5, 0.6) is 0 Å². The van der Waals surface area contributed by atoms with Crippen molar-refractivity contribution in [2.45, 2.75) is 64.1 Å². The molecule has 0 bridgehead atoms. The van der Waals surface area contributed by atoms with Crippen molar-refractivity contribution in [3.8, 4) is 0 Å². The van der Waals surface area contributed by atoms with Gasteiger partial charge in [-0.3, -0.25) is 9.89 Å². The Morgan fingerprint density at radius 1 is 1.36 bits per heavy atom. The third-order valence-electron chi connectivity index (χ3n) is 5.39. The first kappa shape index (κ1) is 20.5. The molecule has 4 nitrogen and oxygen atoms in total. The van der Waals surface area contributed by atoms with Gasteiger partial charge >= 0.3 is 0 Å². The molecule has 1 aromatic carbocycles. The number of aryl methyl sites for hydroxylation is 1. The maximum atomic E-state index is 4.42. The summed E-state index contributed by atoms with van der Waals surface area (Å²) in [6.07, 6.45) is 3.99. The van der Waals surface area contributed by atoms with Gasteiger partial charge in [0.2, 0.25) is 0 Å². The van der Waals surface area contributed by atoms with Gasteiger partial charge in [-0.2, -0.15) is 0 Å². The molecule has 2 fully saturated rings. The summed E-state index contributed by atoms with van der Waals surface area (Å²) in [4.78, 5) is 7.09. The number of hydrogen-bond donors (Lipinski definition) is 2. The van der Waals surface area contributed by atoms with E-state index in [-0.39, 0.29) is 24.0 Å². The summed E-state index contributed by atoms with van der Waals surface area (Å²) in [7, 11) is 1.86. The second kappa shape index (κ2) is 9.21. The van der Waals surface area contributed by atoms with Gasteiger partial charge in [-0.05, 0) is 44.6 Å². The molecule has 0 radical (unpaired) electrons. The molecule has 1 aromatic rings. The molecule has 1 saturated carbocycles. The van der Waals surface area contributed by atoms with Crippen LogP contribution >= 0.6 is 24.0 Å².